The molecule has 3 amide bonds. The topological polar surface area (TPSA) is 110 Å². The van der Waals surface area contributed by atoms with Gasteiger partial charge in [-0.1, -0.05) is 20.3 Å². The Balaban J connectivity index is 1.34. The molecular weight excluding hydrogens is 425 g/mol. The van der Waals surface area contributed by atoms with E-state index in [1.54, 1.807) is 4.90 Å². The number of nitrogens with one attached hydrogen (secondary N) is 1. The lowest BCUT2D eigenvalue weighted by Crippen LogP contribution is -2.52. The second kappa shape index (κ2) is 7.81. The summed E-state index contributed by atoms with van der Waals surface area (Å²) in [5.41, 5.74) is 5.96. The highest BCUT2D eigenvalue weighted by molar-refractivity contribution is 6.04. The molecule has 2 saturated carbocycles. The summed E-state index contributed by atoms with van der Waals surface area (Å²) >= 11 is 0. The molecule has 3 N–H and O–H groups in total. The number of nitrogens with zero attached hydrogens (tertiary/aromatic N) is 3. The molecule has 3 fully saturated rings. The normalized spacial score (nSPS) is 27.9. The van der Waals surface area contributed by atoms with E-state index in [-0.39, 0.29) is 41.6 Å². The highest BCUT2D eigenvalue weighted by atomic mass is 19.1. The fraction of sp³-hybridized carbons (Fsp3) is 0.583. The lowest BCUT2D eigenvalue weighted by molar-refractivity contribution is -0.140. The van der Waals surface area contributed by atoms with Crippen LogP contribution in [0.4, 0.5) is 4.39 Å². The van der Waals surface area contributed by atoms with Crippen molar-refractivity contribution in [2.24, 2.45) is 17.1 Å². The summed E-state index contributed by atoms with van der Waals surface area (Å²) in [6, 6.07) is 3.59. The van der Waals surface area contributed by atoms with Crippen LogP contribution in [0.5, 0.6) is 0 Å². The third-order valence-corrected chi connectivity index (χ3v) is 7.48. The monoisotopic (exact) mass is 455 g/mol. The van der Waals surface area contributed by atoms with Crippen molar-refractivity contribution in [3.63, 3.8) is 0 Å². The quantitative estimate of drug-likeness (QED) is 0.721. The van der Waals surface area contributed by atoms with E-state index in [0.29, 0.717) is 23.2 Å². The lowest BCUT2D eigenvalue weighted by atomic mass is 9.75. The molecule has 0 bridgehead atoms. The molecule has 2 aromatic rings. The van der Waals surface area contributed by atoms with Crippen LogP contribution in [-0.2, 0) is 16.1 Å². The lowest BCUT2D eigenvalue weighted by Gasteiger charge is -2.36. The molecule has 4 atom stereocenters. The molecule has 0 unspecified atom stereocenters. The van der Waals surface area contributed by atoms with Crippen LogP contribution in [0.3, 0.4) is 0 Å². The number of rotatable bonds is 5. The van der Waals surface area contributed by atoms with Crippen molar-refractivity contribution in [3.05, 3.63) is 29.7 Å². The zero-order chi connectivity index (χ0) is 23.5. The number of fused-ring (bicyclic) bond motifs is 2. The number of piperidine rings is 1. The highest BCUT2D eigenvalue weighted by Crippen LogP contribution is 2.48. The van der Waals surface area contributed by atoms with Gasteiger partial charge in [0.15, 0.2) is 5.69 Å². The fourth-order valence-corrected chi connectivity index (χ4v) is 5.83. The fourth-order valence-electron chi connectivity index (χ4n) is 5.83. The predicted molar refractivity (Wildman–Crippen MR) is 120 cm³/mol. The van der Waals surface area contributed by atoms with Gasteiger partial charge in [0.25, 0.3) is 5.91 Å². The summed E-state index contributed by atoms with van der Waals surface area (Å²) < 4.78 is 15.2. The molecule has 2 aliphatic carbocycles. The zero-order valence-electron chi connectivity index (χ0n) is 19.0. The number of aromatic nitrogens is 2. The number of carbonyl (C=O) groups excluding carboxylic acids is 3. The van der Waals surface area contributed by atoms with Gasteiger partial charge in [0.05, 0.1) is 5.52 Å². The Morgan fingerprint density at radius 2 is 2.06 bits per heavy atom. The number of halogens is 1. The van der Waals surface area contributed by atoms with E-state index < -0.39 is 17.8 Å². The van der Waals surface area contributed by atoms with E-state index in [0.717, 1.165) is 32.1 Å². The molecule has 9 heteroatoms. The van der Waals surface area contributed by atoms with E-state index in [4.69, 9.17) is 5.73 Å². The van der Waals surface area contributed by atoms with Gasteiger partial charge in [-0.15, -0.1) is 0 Å². The first-order valence-corrected chi connectivity index (χ1v) is 11.7. The molecule has 1 aromatic carbocycles. The Morgan fingerprint density at radius 3 is 2.79 bits per heavy atom. The Labute approximate surface area is 191 Å². The molecule has 2 heterocycles. The van der Waals surface area contributed by atoms with Crippen LogP contribution in [0.15, 0.2) is 18.2 Å². The maximum atomic E-state index is 13.9. The van der Waals surface area contributed by atoms with E-state index in [2.05, 4.69) is 24.3 Å². The third kappa shape index (κ3) is 4.09. The molecule has 176 valence electrons. The van der Waals surface area contributed by atoms with Gasteiger partial charge in [0.1, 0.15) is 18.4 Å². The molecule has 1 aliphatic heterocycles. The van der Waals surface area contributed by atoms with Crippen molar-refractivity contribution in [1.82, 2.24) is 20.0 Å². The molecule has 0 spiro atoms. The summed E-state index contributed by atoms with van der Waals surface area (Å²) in [7, 11) is 0. The van der Waals surface area contributed by atoms with Crippen LogP contribution in [0.2, 0.25) is 0 Å². The number of nitrogens with two attached hydrogens (primary N) is 1. The number of benzene rings is 1. The van der Waals surface area contributed by atoms with Gasteiger partial charge < -0.3 is 16.0 Å². The average Bonchev–Trinajstić information content (AvgIpc) is 3.24. The zero-order valence-corrected chi connectivity index (χ0v) is 19.0. The highest BCUT2D eigenvalue weighted by Gasteiger charge is 2.56. The molecule has 0 radical (unpaired) electrons. The number of hydrogen-bond acceptors (Lipinski definition) is 4. The molecule has 33 heavy (non-hydrogen) atoms. The standard InChI is InChI=1S/C24H30FN5O3/c1-24(2)7-3-4-15(11-24)27-23(33)19-9-13-8-17(13)30(19)20(31)12-29-18-10-14(25)5-6-16(18)21(28-29)22(26)32/h5-6,10,13,15,17,19H,3-4,7-9,11-12H2,1-2H3,(H2,26,32)(H,27,33)/t13-,15-,17-,19+/m1/s1. The smallest absolute Gasteiger partial charge is 0.269 e. The van der Waals surface area contributed by atoms with Crippen molar-refractivity contribution in [2.75, 3.05) is 0 Å². The number of carbonyl (C=O) groups is 3. The summed E-state index contributed by atoms with van der Waals surface area (Å²) in [5, 5.41) is 7.78. The molecule has 3 aliphatic rings. The van der Waals surface area contributed by atoms with Gasteiger partial charge in [-0.05, 0) is 61.6 Å². The number of primary amides is 1. The minimum atomic E-state index is -0.742. The van der Waals surface area contributed by atoms with Crippen molar-refractivity contribution < 1.29 is 18.8 Å². The summed E-state index contributed by atoms with van der Waals surface area (Å²) in [6.07, 6.45) is 5.70. The molecule has 1 saturated heterocycles. The van der Waals surface area contributed by atoms with Crippen LogP contribution in [0.25, 0.3) is 10.9 Å². The van der Waals surface area contributed by atoms with E-state index in [1.165, 1.54) is 22.9 Å². The molecule has 8 nitrogen and oxygen atoms in total. The van der Waals surface area contributed by atoms with Crippen molar-refractivity contribution in [3.8, 4) is 0 Å². The van der Waals surface area contributed by atoms with Gasteiger partial charge >= 0.3 is 0 Å². The first-order chi connectivity index (χ1) is 15.6. The van der Waals surface area contributed by atoms with Crippen LogP contribution in [-0.4, -0.2) is 50.5 Å². The second-order valence-corrected chi connectivity index (χ2v) is 10.6. The summed E-state index contributed by atoms with van der Waals surface area (Å²) in [5.74, 6) is -1.24. The van der Waals surface area contributed by atoms with Crippen LogP contribution in [0.1, 0.15) is 62.9 Å². The van der Waals surface area contributed by atoms with Gasteiger partial charge in [0, 0.05) is 17.5 Å². The van der Waals surface area contributed by atoms with Gasteiger partial charge in [-0.2, -0.15) is 5.10 Å². The number of hydrogen-bond donors (Lipinski definition) is 2. The first kappa shape index (κ1) is 21.9. The minimum Gasteiger partial charge on any atom is -0.364 e. The largest absolute Gasteiger partial charge is 0.364 e. The maximum absolute atomic E-state index is 13.9. The SMILES string of the molecule is CC1(C)CCC[C@@H](NC(=O)[C@@H]2C[C@H]3C[C@H]3N2C(=O)Cn2nc(C(N)=O)c3ccc(F)cc32)C1. The van der Waals surface area contributed by atoms with E-state index in [1.807, 2.05) is 0 Å². The number of likely N-dealkylation sites (tertiary alicyclic amines) is 1. The molecular formula is C24H30FN5O3. The van der Waals surface area contributed by atoms with Crippen LogP contribution < -0.4 is 11.1 Å². The Morgan fingerprint density at radius 1 is 1.27 bits per heavy atom. The van der Waals surface area contributed by atoms with Gasteiger partial charge in [-0.3, -0.25) is 19.1 Å². The molecule has 1 aromatic heterocycles. The van der Waals surface area contributed by atoms with E-state index in [9.17, 15) is 18.8 Å². The Hall–Kier alpha value is -2.97. The van der Waals surface area contributed by atoms with E-state index >= 15 is 0 Å². The maximum Gasteiger partial charge on any atom is 0.269 e. The Kier molecular flexibility index (Phi) is 5.17. The van der Waals surface area contributed by atoms with Gasteiger partial charge in [-0.25, -0.2) is 4.39 Å². The molecule has 5 rings (SSSR count). The average molecular weight is 456 g/mol. The predicted octanol–water partition coefficient (Wildman–Crippen LogP) is 2.35. The first-order valence-electron chi connectivity index (χ1n) is 11.7. The van der Waals surface area contributed by atoms with Crippen molar-refractivity contribution >= 4 is 28.6 Å². The van der Waals surface area contributed by atoms with Crippen molar-refractivity contribution in [2.45, 2.75) is 77.0 Å². The van der Waals surface area contributed by atoms with Crippen LogP contribution >= 0.6 is 0 Å². The second-order valence-electron chi connectivity index (χ2n) is 10.6. The summed E-state index contributed by atoms with van der Waals surface area (Å²) in [4.78, 5) is 40.0. The van der Waals surface area contributed by atoms with Crippen molar-refractivity contribution in [1.29, 1.82) is 0 Å². The Bertz CT molecular complexity index is 1140. The minimum absolute atomic E-state index is 0.00211. The number of amides is 3. The summed E-state index contributed by atoms with van der Waals surface area (Å²) in [6.45, 7) is 4.27. The third-order valence-electron chi connectivity index (χ3n) is 7.48. The van der Waals surface area contributed by atoms with Gasteiger partial charge in [0.2, 0.25) is 11.8 Å². The van der Waals surface area contributed by atoms with Crippen LogP contribution in [0, 0.1) is 17.2 Å².